The number of ether oxygens (including phenoxy) is 1. The number of aliphatic hydroxyl groups is 1. The molecule has 1 aliphatic rings. The fourth-order valence-electron chi connectivity index (χ4n) is 4.30. The number of fused-ring (bicyclic) bond motifs is 1. The third kappa shape index (κ3) is 8.87. The number of carbonyl (C=O) groups excluding carboxylic acids is 3. The number of benzene rings is 2. The molecule has 2 aromatic carbocycles. The van der Waals surface area contributed by atoms with Crippen LogP contribution in [0.15, 0.2) is 48.5 Å². The molecular formula is C28H35F3N4O5. The van der Waals surface area contributed by atoms with Gasteiger partial charge in [0.05, 0.1) is 32.0 Å². The summed E-state index contributed by atoms with van der Waals surface area (Å²) in [5.41, 5.74) is 1.28. The Morgan fingerprint density at radius 3 is 2.50 bits per heavy atom. The molecule has 4 amide bonds. The van der Waals surface area contributed by atoms with Crippen LogP contribution in [-0.2, 0) is 16.0 Å². The fraction of sp³-hybridized carbons (Fsp3) is 0.464. The second-order valence-corrected chi connectivity index (χ2v) is 10.1. The van der Waals surface area contributed by atoms with Crippen molar-refractivity contribution in [1.29, 1.82) is 0 Å². The smallest absolute Gasteiger partial charge is 0.389 e. The second-order valence-electron chi connectivity index (χ2n) is 10.1. The number of anilines is 2. The van der Waals surface area contributed by atoms with Gasteiger partial charge in [-0.25, -0.2) is 4.79 Å². The Morgan fingerprint density at radius 1 is 1.15 bits per heavy atom. The molecule has 3 rings (SSSR count). The normalized spacial score (nSPS) is 18.4. The number of rotatable bonds is 8. The van der Waals surface area contributed by atoms with Crippen molar-refractivity contribution in [2.45, 2.75) is 51.4 Å². The Kier molecular flexibility index (Phi) is 10.4. The Bertz CT molecular complexity index is 1180. The lowest BCUT2D eigenvalue weighted by molar-refractivity contribution is -0.142. The molecule has 218 valence electrons. The summed E-state index contributed by atoms with van der Waals surface area (Å²) in [4.78, 5) is 41.2. The van der Waals surface area contributed by atoms with Crippen LogP contribution in [0.1, 0.15) is 32.3 Å². The molecule has 0 aliphatic carbocycles. The topological polar surface area (TPSA) is 111 Å². The molecule has 1 aliphatic heterocycles. The predicted molar refractivity (Wildman–Crippen MR) is 144 cm³/mol. The minimum atomic E-state index is -4.45. The summed E-state index contributed by atoms with van der Waals surface area (Å²) < 4.78 is 43.9. The third-order valence-electron chi connectivity index (χ3n) is 6.66. The number of likely N-dealkylation sites (N-methyl/N-ethyl adjacent to an activating group) is 1. The van der Waals surface area contributed by atoms with Gasteiger partial charge in [-0.2, -0.15) is 13.2 Å². The highest BCUT2D eigenvalue weighted by Gasteiger charge is 2.32. The van der Waals surface area contributed by atoms with Gasteiger partial charge in [-0.15, -0.1) is 0 Å². The molecule has 0 spiro atoms. The van der Waals surface area contributed by atoms with Crippen molar-refractivity contribution in [3.63, 3.8) is 0 Å². The van der Waals surface area contributed by atoms with Crippen LogP contribution in [0.25, 0.3) is 0 Å². The molecule has 0 bridgehead atoms. The van der Waals surface area contributed by atoms with E-state index in [0.717, 1.165) is 0 Å². The van der Waals surface area contributed by atoms with Crippen LogP contribution in [-0.4, -0.2) is 77.8 Å². The molecule has 40 heavy (non-hydrogen) atoms. The van der Waals surface area contributed by atoms with Crippen molar-refractivity contribution in [1.82, 2.24) is 9.80 Å². The molecule has 3 N–H and O–H groups in total. The van der Waals surface area contributed by atoms with Gasteiger partial charge in [-0.05, 0) is 37.3 Å². The maximum atomic E-state index is 13.3. The number of hydrogen-bond donors (Lipinski definition) is 3. The number of para-hydroxylation sites is 1. The molecule has 0 saturated carbocycles. The van der Waals surface area contributed by atoms with Gasteiger partial charge in [0, 0.05) is 42.9 Å². The van der Waals surface area contributed by atoms with E-state index in [4.69, 9.17) is 4.74 Å². The van der Waals surface area contributed by atoms with Crippen molar-refractivity contribution >= 4 is 29.2 Å². The lowest BCUT2D eigenvalue weighted by atomic mass is 10.0. The van der Waals surface area contributed by atoms with Crippen molar-refractivity contribution in [2.24, 2.45) is 5.92 Å². The fourth-order valence-corrected chi connectivity index (χ4v) is 4.30. The van der Waals surface area contributed by atoms with Gasteiger partial charge in [-0.3, -0.25) is 9.59 Å². The highest BCUT2D eigenvalue weighted by Crippen LogP contribution is 2.30. The number of nitrogens with one attached hydrogen (secondary N) is 2. The SMILES string of the molecule is C[C@H]1CN([C@@H](C)CO)C(=O)Cc2cc(NC(=O)CCC(F)(F)F)ccc2O[C@@H]1CN(C)C(=O)Nc1ccccc1. The number of hydrogen-bond acceptors (Lipinski definition) is 5. The highest BCUT2D eigenvalue weighted by molar-refractivity contribution is 5.91. The van der Waals surface area contributed by atoms with Gasteiger partial charge in [0.15, 0.2) is 0 Å². The summed E-state index contributed by atoms with van der Waals surface area (Å²) in [6.07, 6.45) is -7.10. The molecule has 0 fully saturated rings. The van der Waals surface area contributed by atoms with E-state index in [9.17, 15) is 32.7 Å². The minimum absolute atomic E-state index is 0.115. The molecule has 2 aromatic rings. The van der Waals surface area contributed by atoms with Crippen molar-refractivity contribution in [3.05, 3.63) is 54.1 Å². The van der Waals surface area contributed by atoms with E-state index in [0.29, 0.717) is 17.0 Å². The first-order valence-electron chi connectivity index (χ1n) is 13.0. The lowest BCUT2D eigenvalue weighted by Crippen LogP contribution is -2.48. The summed E-state index contributed by atoms with van der Waals surface area (Å²) in [6, 6.07) is 12.7. The van der Waals surface area contributed by atoms with Gasteiger partial charge in [0.2, 0.25) is 11.8 Å². The van der Waals surface area contributed by atoms with Crippen LogP contribution in [0.3, 0.4) is 0 Å². The molecule has 1 heterocycles. The maximum absolute atomic E-state index is 13.3. The summed E-state index contributed by atoms with van der Waals surface area (Å²) >= 11 is 0. The number of alkyl halides is 3. The standard InChI is InChI=1S/C28H35F3N4O5/c1-18-15-35(19(2)17-36)26(38)14-20-13-22(32-25(37)11-12-28(29,30)31)9-10-23(20)40-24(18)16-34(3)27(39)33-21-7-5-4-6-8-21/h4-10,13,18-19,24,36H,11-12,14-17H2,1-3H3,(H,32,37)(H,33,39)/t18-,19-,24+/m0/s1. The Balaban J connectivity index is 1.84. The monoisotopic (exact) mass is 564 g/mol. The Hall–Kier alpha value is -3.80. The van der Waals surface area contributed by atoms with Crippen LogP contribution in [0.2, 0.25) is 0 Å². The van der Waals surface area contributed by atoms with Crippen LogP contribution in [0.4, 0.5) is 29.3 Å². The van der Waals surface area contributed by atoms with E-state index < -0.39 is 37.1 Å². The summed E-state index contributed by atoms with van der Waals surface area (Å²) in [5, 5.41) is 15.0. The Labute approximate surface area is 231 Å². The third-order valence-corrected chi connectivity index (χ3v) is 6.66. The van der Waals surface area contributed by atoms with E-state index >= 15 is 0 Å². The quantitative estimate of drug-likeness (QED) is 0.443. The Morgan fingerprint density at radius 2 is 1.85 bits per heavy atom. The van der Waals surface area contributed by atoms with Crippen molar-refractivity contribution in [2.75, 3.05) is 37.4 Å². The van der Waals surface area contributed by atoms with Crippen LogP contribution < -0.4 is 15.4 Å². The number of halogens is 3. The first-order chi connectivity index (χ1) is 18.9. The average Bonchev–Trinajstić information content (AvgIpc) is 2.94. The number of carbonyl (C=O) groups is 3. The number of nitrogens with zero attached hydrogens (tertiary/aromatic N) is 2. The molecule has 0 radical (unpaired) electrons. The molecule has 0 unspecified atom stereocenters. The highest BCUT2D eigenvalue weighted by atomic mass is 19.4. The molecule has 0 aromatic heterocycles. The average molecular weight is 565 g/mol. The number of aliphatic hydroxyl groups excluding tert-OH is 1. The molecule has 3 atom stereocenters. The van der Waals surface area contributed by atoms with E-state index in [1.54, 1.807) is 49.2 Å². The first-order valence-corrected chi connectivity index (χ1v) is 13.0. The molecular weight excluding hydrogens is 529 g/mol. The second kappa shape index (κ2) is 13.5. The zero-order chi connectivity index (χ0) is 29.4. The maximum Gasteiger partial charge on any atom is 0.389 e. The first kappa shape index (κ1) is 30.7. The zero-order valence-corrected chi connectivity index (χ0v) is 22.7. The van der Waals surface area contributed by atoms with Gasteiger partial charge in [-0.1, -0.05) is 25.1 Å². The van der Waals surface area contributed by atoms with E-state index in [-0.39, 0.29) is 49.7 Å². The van der Waals surface area contributed by atoms with Gasteiger partial charge in [0.25, 0.3) is 0 Å². The summed E-state index contributed by atoms with van der Waals surface area (Å²) in [5.74, 6) is -0.984. The molecule has 12 heteroatoms. The number of urea groups is 1. The van der Waals surface area contributed by atoms with E-state index in [1.165, 1.54) is 17.0 Å². The van der Waals surface area contributed by atoms with Crippen LogP contribution in [0, 0.1) is 5.92 Å². The zero-order valence-electron chi connectivity index (χ0n) is 22.7. The lowest BCUT2D eigenvalue weighted by Gasteiger charge is -2.34. The minimum Gasteiger partial charge on any atom is -0.488 e. The van der Waals surface area contributed by atoms with E-state index in [1.807, 2.05) is 13.0 Å². The van der Waals surface area contributed by atoms with Crippen LogP contribution in [0.5, 0.6) is 5.75 Å². The van der Waals surface area contributed by atoms with Gasteiger partial charge < -0.3 is 30.3 Å². The van der Waals surface area contributed by atoms with Crippen LogP contribution >= 0.6 is 0 Å². The molecule has 9 nitrogen and oxygen atoms in total. The van der Waals surface area contributed by atoms with Crippen molar-refractivity contribution < 1.29 is 37.4 Å². The van der Waals surface area contributed by atoms with E-state index in [2.05, 4.69) is 10.6 Å². The predicted octanol–water partition coefficient (Wildman–Crippen LogP) is 4.28. The summed E-state index contributed by atoms with van der Waals surface area (Å²) in [7, 11) is 1.63. The number of amides is 4. The largest absolute Gasteiger partial charge is 0.488 e. The van der Waals surface area contributed by atoms with Gasteiger partial charge >= 0.3 is 12.2 Å². The summed E-state index contributed by atoms with van der Waals surface area (Å²) in [6.45, 7) is 3.78. The molecule has 0 saturated heterocycles. The van der Waals surface area contributed by atoms with Gasteiger partial charge in [0.1, 0.15) is 11.9 Å². The van der Waals surface area contributed by atoms with Crippen molar-refractivity contribution in [3.8, 4) is 5.75 Å².